The van der Waals surface area contributed by atoms with Gasteiger partial charge in [-0.3, -0.25) is 4.98 Å². The number of aliphatic hydroxyl groups excluding tert-OH is 1. The van der Waals surface area contributed by atoms with Gasteiger partial charge in [-0.2, -0.15) is 0 Å². The van der Waals surface area contributed by atoms with Crippen LogP contribution in [0.3, 0.4) is 0 Å². The first kappa shape index (κ1) is 15.7. The predicted molar refractivity (Wildman–Crippen MR) is 87.4 cm³/mol. The summed E-state index contributed by atoms with van der Waals surface area (Å²) in [6.07, 6.45) is 2.93. The average Bonchev–Trinajstić information content (AvgIpc) is 2.47. The molecule has 2 nitrogen and oxygen atoms in total. The Hall–Kier alpha value is -1.67. The number of aromatic nitrogens is 1. The number of hydrogen-bond acceptors (Lipinski definition) is 2. The Bertz CT molecular complexity index is 581. The molecule has 0 aliphatic rings. The summed E-state index contributed by atoms with van der Waals surface area (Å²) in [4.78, 5) is 4.45. The number of pyridine rings is 1. The summed E-state index contributed by atoms with van der Waals surface area (Å²) in [7, 11) is 0. The van der Waals surface area contributed by atoms with E-state index >= 15 is 0 Å². The molecule has 2 aromatic rings. The lowest BCUT2D eigenvalue weighted by Crippen LogP contribution is -2.17. The lowest BCUT2D eigenvalue weighted by Gasteiger charge is -2.25. The lowest BCUT2D eigenvalue weighted by atomic mass is 9.82. The molecular formula is C19H25NO. The third kappa shape index (κ3) is 3.92. The minimum absolute atomic E-state index is 0.0249. The number of benzene rings is 1. The van der Waals surface area contributed by atoms with Gasteiger partial charge in [0.2, 0.25) is 0 Å². The van der Waals surface area contributed by atoms with E-state index in [1.807, 2.05) is 30.5 Å². The van der Waals surface area contributed by atoms with E-state index < -0.39 is 6.10 Å². The van der Waals surface area contributed by atoms with Crippen molar-refractivity contribution >= 4 is 0 Å². The van der Waals surface area contributed by atoms with Crippen LogP contribution in [-0.2, 0) is 18.3 Å². The van der Waals surface area contributed by atoms with Crippen molar-refractivity contribution in [2.24, 2.45) is 0 Å². The van der Waals surface area contributed by atoms with E-state index in [0.29, 0.717) is 6.42 Å². The molecule has 1 aromatic carbocycles. The van der Waals surface area contributed by atoms with Crippen molar-refractivity contribution in [2.75, 3.05) is 0 Å². The second kappa shape index (κ2) is 6.40. The van der Waals surface area contributed by atoms with Gasteiger partial charge in [-0.05, 0) is 34.6 Å². The molecule has 1 atom stereocenters. The number of rotatable bonds is 4. The first-order valence-electron chi connectivity index (χ1n) is 7.63. The highest BCUT2D eigenvalue weighted by Crippen LogP contribution is 2.30. The summed E-state index contributed by atoms with van der Waals surface area (Å²) in [6.45, 7) is 8.64. The molecule has 0 spiro atoms. The Balaban J connectivity index is 2.22. The van der Waals surface area contributed by atoms with Crippen molar-refractivity contribution in [2.45, 2.75) is 52.1 Å². The molecule has 0 saturated carbocycles. The van der Waals surface area contributed by atoms with Gasteiger partial charge in [0.05, 0.1) is 6.10 Å². The summed E-state index contributed by atoms with van der Waals surface area (Å²) in [5.41, 5.74) is 4.39. The van der Waals surface area contributed by atoms with Crippen LogP contribution in [0.2, 0.25) is 0 Å². The molecule has 21 heavy (non-hydrogen) atoms. The molecule has 0 aliphatic carbocycles. The van der Waals surface area contributed by atoms with E-state index in [1.54, 1.807) is 0 Å². The monoisotopic (exact) mass is 283 g/mol. The van der Waals surface area contributed by atoms with Crippen molar-refractivity contribution in [1.82, 2.24) is 4.98 Å². The smallest absolute Gasteiger partial charge is 0.0848 e. The maximum atomic E-state index is 10.6. The fraction of sp³-hybridized carbons (Fsp3) is 0.421. The predicted octanol–water partition coefficient (Wildman–Crippen LogP) is 4.22. The highest BCUT2D eigenvalue weighted by Gasteiger charge is 2.21. The Morgan fingerprint density at radius 3 is 2.38 bits per heavy atom. The third-order valence-corrected chi connectivity index (χ3v) is 3.82. The first-order valence-corrected chi connectivity index (χ1v) is 7.63. The minimum atomic E-state index is -0.514. The zero-order valence-corrected chi connectivity index (χ0v) is 13.4. The normalized spacial score (nSPS) is 13.2. The molecule has 2 rings (SSSR count). The summed E-state index contributed by atoms with van der Waals surface area (Å²) in [6, 6.07) is 12.2. The molecule has 0 bridgehead atoms. The summed E-state index contributed by atoms with van der Waals surface area (Å²) < 4.78 is 0. The molecular weight excluding hydrogens is 258 g/mol. The minimum Gasteiger partial charge on any atom is -0.388 e. The lowest BCUT2D eigenvalue weighted by molar-refractivity contribution is 0.174. The summed E-state index contributed by atoms with van der Waals surface area (Å²) >= 11 is 0. The number of aliphatic hydroxyl groups is 1. The van der Waals surface area contributed by atoms with Crippen LogP contribution in [0.15, 0.2) is 42.6 Å². The van der Waals surface area contributed by atoms with E-state index in [-0.39, 0.29) is 5.41 Å². The Morgan fingerprint density at radius 2 is 1.81 bits per heavy atom. The van der Waals surface area contributed by atoms with Gasteiger partial charge in [0, 0.05) is 18.3 Å². The van der Waals surface area contributed by atoms with Crippen LogP contribution in [0.1, 0.15) is 56.2 Å². The molecule has 1 heterocycles. The summed E-state index contributed by atoms with van der Waals surface area (Å²) in [5.74, 6) is 0. The average molecular weight is 283 g/mol. The Morgan fingerprint density at radius 1 is 1.10 bits per heavy atom. The molecule has 0 aliphatic heterocycles. The highest BCUT2D eigenvalue weighted by atomic mass is 16.3. The van der Waals surface area contributed by atoms with Crippen molar-refractivity contribution in [3.05, 3.63) is 65.0 Å². The van der Waals surface area contributed by atoms with Crippen LogP contribution in [0.4, 0.5) is 0 Å². The van der Waals surface area contributed by atoms with E-state index in [2.05, 4.69) is 44.8 Å². The van der Waals surface area contributed by atoms with Gasteiger partial charge in [0.15, 0.2) is 0 Å². The fourth-order valence-electron chi connectivity index (χ4n) is 2.56. The Labute approximate surface area is 127 Å². The second-order valence-electron chi connectivity index (χ2n) is 6.57. The largest absolute Gasteiger partial charge is 0.388 e. The SMILES string of the molecule is CCc1ccc(CC(O)c2ccccc2C(C)(C)C)nc1. The molecule has 0 fully saturated rings. The first-order chi connectivity index (χ1) is 9.91. The van der Waals surface area contributed by atoms with Gasteiger partial charge in [0.25, 0.3) is 0 Å². The van der Waals surface area contributed by atoms with Gasteiger partial charge in [-0.15, -0.1) is 0 Å². The molecule has 0 saturated heterocycles. The number of hydrogen-bond donors (Lipinski definition) is 1. The zero-order chi connectivity index (χ0) is 15.5. The summed E-state index contributed by atoms with van der Waals surface area (Å²) in [5, 5.41) is 10.6. The van der Waals surface area contributed by atoms with Crippen LogP contribution in [0.5, 0.6) is 0 Å². The van der Waals surface area contributed by atoms with Gasteiger partial charge in [-0.25, -0.2) is 0 Å². The standard InChI is InChI=1S/C19H25NO/c1-5-14-10-11-15(20-13-14)12-18(21)16-8-6-7-9-17(16)19(2,3)4/h6-11,13,18,21H,5,12H2,1-4H3. The van der Waals surface area contributed by atoms with Crippen LogP contribution in [0, 0.1) is 0 Å². The van der Waals surface area contributed by atoms with Gasteiger partial charge in [0.1, 0.15) is 0 Å². The molecule has 1 aromatic heterocycles. The van der Waals surface area contributed by atoms with Crippen LogP contribution >= 0.6 is 0 Å². The van der Waals surface area contributed by atoms with E-state index in [1.165, 1.54) is 11.1 Å². The number of nitrogens with zero attached hydrogens (tertiary/aromatic N) is 1. The van der Waals surface area contributed by atoms with Gasteiger partial charge in [-0.1, -0.05) is 58.0 Å². The third-order valence-electron chi connectivity index (χ3n) is 3.82. The van der Waals surface area contributed by atoms with Crippen molar-refractivity contribution < 1.29 is 5.11 Å². The number of aryl methyl sites for hydroxylation is 1. The Kier molecular flexibility index (Phi) is 4.79. The molecule has 0 radical (unpaired) electrons. The second-order valence-corrected chi connectivity index (χ2v) is 6.57. The fourth-order valence-corrected chi connectivity index (χ4v) is 2.56. The molecule has 0 amide bonds. The van der Waals surface area contributed by atoms with Crippen molar-refractivity contribution in [3.8, 4) is 0 Å². The van der Waals surface area contributed by atoms with E-state index in [4.69, 9.17) is 0 Å². The maximum absolute atomic E-state index is 10.6. The van der Waals surface area contributed by atoms with Crippen molar-refractivity contribution in [1.29, 1.82) is 0 Å². The van der Waals surface area contributed by atoms with E-state index in [0.717, 1.165) is 17.7 Å². The van der Waals surface area contributed by atoms with Crippen LogP contribution < -0.4 is 0 Å². The molecule has 112 valence electrons. The topological polar surface area (TPSA) is 33.1 Å². The van der Waals surface area contributed by atoms with Crippen molar-refractivity contribution in [3.63, 3.8) is 0 Å². The molecule has 2 heteroatoms. The quantitative estimate of drug-likeness (QED) is 0.911. The molecule has 1 unspecified atom stereocenters. The van der Waals surface area contributed by atoms with Crippen LogP contribution in [-0.4, -0.2) is 10.1 Å². The van der Waals surface area contributed by atoms with E-state index in [9.17, 15) is 5.11 Å². The van der Waals surface area contributed by atoms with Gasteiger partial charge >= 0.3 is 0 Å². The zero-order valence-electron chi connectivity index (χ0n) is 13.4. The highest BCUT2D eigenvalue weighted by molar-refractivity contribution is 5.35. The van der Waals surface area contributed by atoms with Gasteiger partial charge < -0.3 is 5.11 Å². The molecule has 1 N–H and O–H groups in total. The van der Waals surface area contributed by atoms with Crippen LogP contribution in [0.25, 0.3) is 0 Å². The maximum Gasteiger partial charge on any atom is 0.0848 e.